The van der Waals surface area contributed by atoms with Crippen molar-refractivity contribution in [3.63, 3.8) is 0 Å². The van der Waals surface area contributed by atoms with Gasteiger partial charge in [0.1, 0.15) is 22.8 Å². The number of benzene rings is 1. The van der Waals surface area contributed by atoms with E-state index in [0.29, 0.717) is 11.3 Å². The molecule has 1 aromatic heterocycles. The molecule has 7 heteroatoms. The normalized spacial score (nSPS) is 11.2. The average Bonchev–Trinajstić information content (AvgIpc) is 2.51. The van der Waals surface area contributed by atoms with Crippen LogP contribution >= 0.6 is 0 Å². The molecule has 0 fully saturated rings. The van der Waals surface area contributed by atoms with Gasteiger partial charge < -0.3 is 14.3 Å². The van der Waals surface area contributed by atoms with Gasteiger partial charge in [-0.3, -0.25) is 4.79 Å². The van der Waals surface area contributed by atoms with E-state index in [9.17, 15) is 14.7 Å². The molecule has 0 saturated carbocycles. The van der Waals surface area contributed by atoms with Crippen LogP contribution in [0.15, 0.2) is 44.6 Å². The molecule has 23 heavy (non-hydrogen) atoms. The first kappa shape index (κ1) is 16.3. The van der Waals surface area contributed by atoms with Crippen molar-refractivity contribution in [1.29, 1.82) is 0 Å². The molecule has 1 aromatic carbocycles. The van der Waals surface area contributed by atoms with Crippen molar-refractivity contribution in [3.05, 3.63) is 57.6 Å². The number of amides is 1. The third-order valence-corrected chi connectivity index (χ3v) is 3.09. The quantitative estimate of drug-likeness (QED) is 0.662. The number of hydrogen-bond donors (Lipinski definition) is 2. The fraction of sp³-hybridized carbons (Fsp3) is 0.188. The van der Waals surface area contributed by atoms with E-state index in [1.165, 1.54) is 20.1 Å². The fourth-order valence-electron chi connectivity index (χ4n) is 2.01. The van der Waals surface area contributed by atoms with Gasteiger partial charge in [-0.25, -0.2) is 10.2 Å². The van der Waals surface area contributed by atoms with Gasteiger partial charge in [0, 0.05) is 6.07 Å². The predicted molar refractivity (Wildman–Crippen MR) is 84.1 cm³/mol. The first-order valence-corrected chi connectivity index (χ1v) is 6.75. The van der Waals surface area contributed by atoms with Crippen LogP contribution in [0.25, 0.3) is 0 Å². The van der Waals surface area contributed by atoms with Crippen molar-refractivity contribution in [2.45, 2.75) is 13.8 Å². The summed E-state index contributed by atoms with van der Waals surface area (Å²) in [7, 11) is 1.45. The molecule has 0 spiro atoms. The Morgan fingerprint density at radius 2 is 2.04 bits per heavy atom. The first-order chi connectivity index (χ1) is 10.9. The van der Waals surface area contributed by atoms with E-state index < -0.39 is 11.5 Å². The van der Waals surface area contributed by atoms with E-state index in [1.54, 1.807) is 31.2 Å². The Bertz CT molecular complexity index is 823. The number of hydrazone groups is 1. The number of aromatic hydroxyl groups is 1. The molecule has 0 aliphatic carbocycles. The smallest absolute Gasteiger partial charge is 0.348 e. The molecular weight excluding hydrogens is 300 g/mol. The second-order valence-corrected chi connectivity index (χ2v) is 4.74. The maximum atomic E-state index is 12.1. The molecule has 1 amide bonds. The predicted octanol–water partition coefficient (Wildman–Crippen LogP) is 1.82. The van der Waals surface area contributed by atoms with Crippen molar-refractivity contribution in [2.75, 3.05) is 7.11 Å². The SMILES string of the molecule is COc1ccccc1C(=O)N/N=C(\C)c1c(O)cc(C)oc1=O. The third-order valence-electron chi connectivity index (χ3n) is 3.09. The first-order valence-electron chi connectivity index (χ1n) is 6.75. The maximum Gasteiger partial charge on any atom is 0.348 e. The number of carbonyl (C=O) groups excluding carboxylic acids is 1. The van der Waals surface area contributed by atoms with Crippen LogP contribution in [0.5, 0.6) is 11.5 Å². The molecule has 0 atom stereocenters. The lowest BCUT2D eigenvalue weighted by Crippen LogP contribution is -2.22. The van der Waals surface area contributed by atoms with Crippen LogP contribution in [0.2, 0.25) is 0 Å². The maximum absolute atomic E-state index is 12.1. The number of ether oxygens (including phenoxy) is 1. The van der Waals surface area contributed by atoms with E-state index in [2.05, 4.69) is 10.5 Å². The molecule has 2 rings (SSSR count). The van der Waals surface area contributed by atoms with E-state index in [4.69, 9.17) is 9.15 Å². The fourth-order valence-corrected chi connectivity index (χ4v) is 2.01. The second-order valence-electron chi connectivity index (χ2n) is 4.74. The van der Waals surface area contributed by atoms with E-state index in [1.807, 2.05) is 0 Å². The Labute approximate surface area is 132 Å². The van der Waals surface area contributed by atoms with Gasteiger partial charge in [-0.15, -0.1) is 0 Å². The molecule has 2 N–H and O–H groups in total. The Hall–Kier alpha value is -3.09. The summed E-state index contributed by atoms with van der Waals surface area (Å²) >= 11 is 0. The summed E-state index contributed by atoms with van der Waals surface area (Å²) in [5, 5.41) is 13.7. The summed E-state index contributed by atoms with van der Waals surface area (Å²) < 4.78 is 10.0. The van der Waals surface area contributed by atoms with E-state index in [0.717, 1.165) is 0 Å². The van der Waals surface area contributed by atoms with Gasteiger partial charge in [-0.2, -0.15) is 5.10 Å². The summed E-state index contributed by atoms with van der Waals surface area (Å²) in [6, 6.07) is 7.95. The lowest BCUT2D eigenvalue weighted by Gasteiger charge is -2.07. The van der Waals surface area contributed by atoms with Crippen LogP contribution in [-0.4, -0.2) is 23.8 Å². The highest BCUT2D eigenvalue weighted by atomic mass is 16.5. The summed E-state index contributed by atoms with van der Waals surface area (Å²) in [5.74, 6) is -0.0815. The van der Waals surface area contributed by atoms with Gasteiger partial charge >= 0.3 is 5.63 Å². The van der Waals surface area contributed by atoms with Crippen molar-refractivity contribution in [3.8, 4) is 11.5 Å². The summed E-state index contributed by atoms with van der Waals surface area (Å²) in [5.41, 5.74) is 1.91. The molecule has 0 saturated heterocycles. The minimum Gasteiger partial charge on any atom is -0.507 e. The molecule has 0 unspecified atom stereocenters. The molecular formula is C16H16N2O5. The van der Waals surface area contributed by atoms with Crippen LogP contribution in [0.3, 0.4) is 0 Å². The zero-order valence-corrected chi connectivity index (χ0v) is 12.9. The van der Waals surface area contributed by atoms with Crippen molar-refractivity contribution in [1.82, 2.24) is 5.43 Å². The standard InChI is InChI=1S/C16H16N2O5/c1-9-8-12(19)14(16(21)23-9)10(2)17-18-15(20)11-6-4-5-7-13(11)22-3/h4-8,19H,1-3H3,(H,18,20)/b17-10+. The van der Waals surface area contributed by atoms with Crippen molar-refractivity contribution < 1.29 is 19.1 Å². The number of aryl methyl sites for hydroxylation is 1. The highest BCUT2D eigenvalue weighted by molar-refractivity contribution is 6.02. The number of hydrogen-bond acceptors (Lipinski definition) is 6. The highest BCUT2D eigenvalue weighted by Gasteiger charge is 2.15. The Kier molecular flexibility index (Phi) is 4.80. The topological polar surface area (TPSA) is 101 Å². The van der Waals surface area contributed by atoms with Crippen LogP contribution in [0.1, 0.15) is 28.6 Å². The summed E-state index contributed by atoms with van der Waals surface area (Å²) in [6.45, 7) is 3.02. The lowest BCUT2D eigenvalue weighted by molar-refractivity contribution is 0.0951. The van der Waals surface area contributed by atoms with Crippen LogP contribution in [-0.2, 0) is 0 Å². The number of methoxy groups -OCH3 is 1. The molecule has 7 nitrogen and oxygen atoms in total. The van der Waals surface area contributed by atoms with Gasteiger partial charge in [0.15, 0.2) is 0 Å². The number of para-hydroxylation sites is 1. The monoisotopic (exact) mass is 316 g/mol. The Morgan fingerprint density at radius 1 is 1.35 bits per heavy atom. The largest absolute Gasteiger partial charge is 0.507 e. The molecule has 2 aromatic rings. The highest BCUT2D eigenvalue weighted by Crippen LogP contribution is 2.17. The Balaban J connectivity index is 2.26. The van der Waals surface area contributed by atoms with Gasteiger partial charge in [-0.05, 0) is 26.0 Å². The molecule has 0 aliphatic heterocycles. The molecule has 0 bridgehead atoms. The van der Waals surface area contributed by atoms with Gasteiger partial charge in [0.05, 0.1) is 18.4 Å². The lowest BCUT2D eigenvalue weighted by atomic mass is 10.2. The minimum atomic E-state index is -0.727. The number of nitrogens with zero attached hydrogens (tertiary/aromatic N) is 1. The number of carbonyl (C=O) groups is 1. The average molecular weight is 316 g/mol. The zero-order chi connectivity index (χ0) is 17.0. The number of nitrogens with one attached hydrogen (secondary N) is 1. The van der Waals surface area contributed by atoms with E-state index >= 15 is 0 Å². The minimum absolute atomic E-state index is 0.101. The number of rotatable bonds is 4. The summed E-state index contributed by atoms with van der Waals surface area (Å²) in [6.07, 6.45) is 0. The van der Waals surface area contributed by atoms with Gasteiger partial charge in [0.25, 0.3) is 5.91 Å². The third kappa shape index (κ3) is 3.57. The van der Waals surface area contributed by atoms with Crippen molar-refractivity contribution >= 4 is 11.6 Å². The van der Waals surface area contributed by atoms with Crippen LogP contribution in [0, 0.1) is 6.92 Å². The van der Waals surface area contributed by atoms with Crippen molar-refractivity contribution in [2.24, 2.45) is 5.10 Å². The molecule has 1 heterocycles. The molecule has 120 valence electrons. The molecule has 0 aliphatic rings. The summed E-state index contributed by atoms with van der Waals surface area (Å²) in [4.78, 5) is 23.9. The van der Waals surface area contributed by atoms with Crippen LogP contribution < -0.4 is 15.8 Å². The van der Waals surface area contributed by atoms with Gasteiger partial charge in [0.2, 0.25) is 0 Å². The Morgan fingerprint density at radius 3 is 2.70 bits per heavy atom. The zero-order valence-electron chi connectivity index (χ0n) is 12.9. The van der Waals surface area contributed by atoms with E-state index in [-0.39, 0.29) is 22.8 Å². The van der Waals surface area contributed by atoms with Gasteiger partial charge in [-0.1, -0.05) is 12.1 Å². The van der Waals surface area contributed by atoms with Crippen LogP contribution in [0.4, 0.5) is 0 Å². The second kappa shape index (κ2) is 6.78. The molecule has 0 radical (unpaired) electrons.